The van der Waals surface area contributed by atoms with E-state index >= 15 is 0 Å². The van der Waals surface area contributed by atoms with Crippen molar-refractivity contribution in [3.05, 3.63) is 64.5 Å². The number of nitro groups is 1. The number of nitrogens with one attached hydrogen (secondary N) is 1. The Morgan fingerprint density at radius 1 is 1.38 bits per heavy atom. The first-order chi connectivity index (χ1) is 12.6. The normalized spacial score (nSPS) is 18.3. The van der Waals surface area contributed by atoms with Crippen LogP contribution in [0, 0.1) is 10.1 Å². The molecule has 2 aromatic rings. The molecule has 0 bridgehead atoms. The van der Waals surface area contributed by atoms with Crippen LogP contribution in [-0.2, 0) is 4.79 Å². The molecule has 8 heteroatoms. The molecule has 1 aliphatic heterocycles. The zero-order valence-electron chi connectivity index (χ0n) is 14.4. The Balaban J connectivity index is 1.70. The van der Waals surface area contributed by atoms with Gasteiger partial charge in [0.05, 0.1) is 16.2 Å². The number of rotatable bonds is 5. The Labute approximate surface area is 156 Å². The molecule has 1 aromatic carbocycles. The van der Waals surface area contributed by atoms with Crippen LogP contribution in [0.25, 0.3) is 0 Å². The first kappa shape index (κ1) is 18.3. The van der Waals surface area contributed by atoms with Gasteiger partial charge in [0.15, 0.2) is 0 Å². The number of nitro benzene ring substituents is 1. The Morgan fingerprint density at radius 2 is 2.15 bits per heavy atom. The Morgan fingerprint density at radius 3 is 2.81 bits per heavy atom. The summed E-state index contributed by atoms with van der Waals surface area (Å²) in [6.45, 7) is 3.98. The lowest BCUT2D eigenvalue weighted by molar-refractivity contribution is -0.384. The van der Waals surface area contributed by atoms with Crippen molar-refractivity contribution in [3.63, 3.8) is 0 Å². The Bertz CT molecular complexity index is 770. The van der Waals surface area contributed by atoms with E-state index in [9.17, 15) is 14.9 Å². The van der Waals surface area contributed by atoms with Crippen LogP contribution in [-0.4, -0.2) is 45.6 Å². The lowest BCUT2D eigenvalue weighted by Crippen LogP contribution is -2.50. The van der Waals surface area contributed by atoms with Crippen molar-refractivity contribution in [1.82, 2.24) is 15.2 Å². The molecule has 1 aromatic heterocycles. The molecule has 0 radical (unpaired) electrons. The molecule has 1 N–H and O–H groups in total. The van der Waals surface area contributed by atoms with Crippen molar-refractivity contribution >= 4 is 23.4 Å². The molecule has 136 valence electrons. The maximum absolute atomic E-state index is 13.0. The van der Waals surface area contributed by atoms with Crippen molar-refractivity contribution in [3.8, 4) is 0 Å². The molecule has 3 rings (SSSR count). The summed E-state index contributed by atoms with van der Waals surface area (Å²) < 4.78 is 0. The number of piperazine rings is 1. The fourth-order valence-corrected chi connectivity index (χ4v) is 3.91. The van der Waals surface area contributed by atoms with Crippen molar-refractivity contribution in [2.75, 3.05) is 19.6 Å². The van der Waals surface area contributed by atoms with Crippen LogP contribution in [0.1, 0.15) is 18.5 Å². The first-order valence-electron chi connectivity index (χ1n) is 8.38. The van der Waals surface area contributed by atoms with E-state index in [1.54, 1.807) is 24.5 Å². The number of hydrogen-bond acceptors (Lipinski definition) is 6. The second-order valence-electron chi connectivity index (χ2n) is 6.05. The number of carbonyl (C=O) groups excluding carboxylic acids is 1. The molecule has 1 aliphatic rings. The van der Waals surface area contributed by atoms with Crippen LogP contribution in [0.15, 0.2) is 53.7 Å². The van der Waals surface area contributed by atoms with Gasteiger partial charge in [0, 0.05) is 49.1 Å². The number of pyridine rings is 1. The topological polar surface area (TPSA) is 88.4 Å². The molecule has 1 saturated heterocycles. The molecule has 1 amide bonds. The summed E-state index contributed by atoms with van der Waals surface area (Å²) in [6.07, 6.45) is 3.52. The predicted molar refractivity (Wildman–Crippen MR) is 100.0 cm³/mol. The van der Waals surface area contributed by atoms with Gasteiger partial charge in [-0.15, -0.1) is 11.8 Å². The second-order valence-corrected chi connectivity index (χ2v) is 7.46. The van der Waals surface area contributed by atoms with Crippen LogP contribution in [0.3, 0.4) is 0 Å². The number of hydrogen-bond donors (Lipinski definition) is 1. The highest BCUT2D eigenvalue weighted by molar-refractivity contribution is 8.00. The average molecular weight is 372 g/mol. The minimum atomic E-state index is -0.428. The average Bonchev–Trinajstić information content (AvgIpc) is 2.68. The van der Waals surface area contributed by atoms with Gasteiger partial charge in [0.1, 0.15) is 0 Å². The van der Waals surface area contributed by atoms with Crippen molar-refractivity contribution in [2.24, 2.45) is 0 Å². The predicted octanol–water partition coefficient (Wildman–Crippen LogP) is 2.64. The van der Waals surface area contributed by atoms with E-state index in [0.717, 1.165) is 17.0 Å². The van der Waals surface area contributed by atoms with Crippen LogP contribution < -0.4 is 5.32 Å². The quantitative estimate of drug-likeness (QED) is 0.493. The summed E-state index contributed by atoms with van der Waals surface area (Å²) in [5.74, 6) is 0.0590. The molecule has 7 nitrogen and oxygen atoms in total. The van der Waals surface area contributed by atoms with Gasteiger partial charge in [0.25, 0.3) is 5.69 Å². The van der Waals surface area contributed by atoms with Crippen LogP contribution in [0.5, 0.6) is 0 Å². The van der Waals surface area contributed by atoms with Crippen LogP contribution in [0.4, 0.5) is 5.69 Å². The SMILES string of the molecule is CC(Sc1ccc([N+](=O)[O-])cc1)C(=O)N1CCNCC1c1cccnc1. The summed E-state index contributed by atoms with van der Waals surface area (Å²) in [6, 6.07) is 10.1. The van der Waals surface area contributed by atoms with Gasteiger partial charge in [-0.1, -0.05) is 6.07 Å². The number of carbonyl (C=O) groups is 1. The van der Waals surface area contributed by atoms with Gasteiger partial charge >= 0.3 is 0 Å². The molecule has 1 fully saturated rings. The Hall–Kier alpha value is -2.45. The van der Waals surface area contributed by atoms with E-state index in [0.29, 0.717) is 13.1 Å². The number of non-ortho nitro benzene ring substituents is 1. The van der Waals surface area contributed by atoms with E-state index in [1.807, 2.05) is 24.0 Å². The Kier molecular flexibility index (Phi) is 5.85. The molecular formula is C18H20N4O3S. The minimum Gasteiger partial charge on any atom is -0.332 e. The number of aromatic nitrogens is 1. The highest BCUT2D eigenvalue weighted by Gasteiger charge is 2.31. The molecule has 2 atom stereocenters. The lowest BCUT2D eigenvalue weighted by atomic mass is 10.0. The zero-order valence-corrected chi connectivity index (χ0v) is 15.2. The highest BCUT2D eigenvalue weighted by atomic mass is 32.2. The fraction of sp³-hybridized carbons (Fsp3) is 0.333. The standard InChI is InChI=1S/C18H20N4O3S/c1-13(26-16-6-4-15(5-7-16)22(24)25)18(23)21-10-9-20-12-17(21)14-3-2-8-19-11-14/h2-8,11,13,17,20H,9-10,12H2,1H3. The van der Waals surface area contributed by atoms with Gasteiger partial charge in [-0.2, -0.15) is 0 Å². The molecular weight excluding hydrogens is 352 g/mol. The van der Waals surface area contributed by atoms with E-state index in [4.69, 9.17) is 0 Å². The molecule has 0 saturated carbocycles. The van der Waals surface area contributed by atoms with Crippen molar-refractivity contribution in [1.29, 1.82) is 0 Å². The zero-order chi connectivity index (χ0) is 18.5. The molecule has 26 heavy (non-hydrogen) atoms. The maximum atomic E-state index is 13.0. The lowest BCUT2D eigenvalue weighted by Gasteiger charge is -2.37. The fourth-order valence-electron chi connectivity index (χ4n) is 2.97. The minimum absolute atomic E-state index is 0.0372. The summed E-state index contributed by atoms with van der Waals surface area (Å²) in [5.41, 5.74) is 1.06. The van der Waals surface area contributed by atoms with Gasteiger partial charge < -0.3 is 10.2 Å². The third-order valence-electron chi connectivity index (χ3n) is 4.30. The van der Waals surface area contributed by atoms with Crippen molar-refractivity contribution in [2.45, 2.75) is 23.1 Å². The number of benzene rings is 1. The molecule has 0 aliphatic carbocycles. The first-order valence-corrected chi connectivity index (χ1v) is 9.26. The van der Waals surface area contributed by atoms with Gasteiger partial charge in [0.2, 0.25) is 5.91 Å². The second kappa shape index (κ2) is 8.29. The number of amides is 1. The molecule has 2 unspecified atom stereocenters. The molecule has 2 heterocycles. The van der Waals surface area contributed by atoms with E-state index < -0.39 is 4.92 Å². The highest BCUT2D eigenvalue weighted by Crippen LogP contribution is 2.29. The van der Waals surface area contributed by atoms with Gasteiger partial charge in [-0.3, -0.25) is 19.9 Å². The third-order valence-corrected chi connectivity index (χ3v) is 5.40. The monoisotopic (exact) mass is 372 g/mol. The van der Waals surface area contributed by atoms with Crippen LogP contribution in [0.2, 0.25) is 0 Å². The smallest absolute Gasteiger partial charge is 0.269 e. The molecule has 0 spiro atoms. The van der Waals surface area contributed by atoms with E-state index in [2.05, 4.69) is 10.3 Å². The number of nitrogens with zero attached hydrogens (tertiary/aromatic N) is 3. The third kappa shape index (κ3) is 4.20. The number of thioether (sulfide) groups is 1. The van der Waals surface area contributed by atoms with Crippen molar-refractivity contribution < 1.29 is 9.72 Å². The van der Waals surface area contributed by atoms with Gasteiger partial charge in [-0.25, -0.2) is 0 Å². The van der Waals surface area contributed by atoms with Crippen LogP contribution >= 0.6 is 11.8 Å². The van der Waals surface area contributed by atoms with Gasteiger partial charge in [-0.05, 0) is 30.7 Å². The summed E-state index contributed by atoms with van der Waals surface area (Å²) >= 11 is 1.41. The van der Waals surface area contributed by atoms with E-state index in [1.165, 1.54) is 23.9 Å². The largest absolute Gasteiger partial charge is 0.332 e. The van der Waals surface area contributed by atoms with E-state index in [-0.39, 0.29) is 22.9 Å². The summed E-state index contributed by atoms with van der Waals surface area (Å²) in [7, 11) is 0. The maximum Gasteiger partial charge on any atom is 0.269 e. The summed E-state index contributed by atoms with van der Waals surface area (Å²) in [4.78, 5) is 30.2. The summed E-state index contributed by atoms with van der Waals surface area (Å²) in [5, 5.41) is 13.8.